The summed E-state index contributed by atoms with van der Waals surface area (Å²) in [5, 5.41) is 0. The first-order valence-electron chi connectivity index (χ1n) is 4.97. The van der Waals surface area contributed by atoms with Crippen molar-refractivity contribution in [1.82, 2.24) is 0 Å². The first-order chi connectivity index (χ1) is 6.29. The molecule has 13 heavy (non-hydrogen) atoms. The van der Waals surface area contributed by atoms with Gasteiger partial charge in [-0.2, -0.15) is 0 Å². The maximum atomic E-state index is 13.3. The highest BCUT2D eigenvalue weighted by Gasteiger charge is 2.06. The largest absolute Gasteiger partial charge is 0.207 e. The Hall–Kier alpha value is -0.850. The van der Waals surface area contributed by atoms with Gasteiger partial charge in [-0.1, -0.05) is 32.8 Å². The molecule has 0 amide bonds. The predicted octanol–water partition coefficient (Wildman–Crippen LogP) is 3.53. The average molecular weight is 179 g/mol. The van der Waals surface area contributed by atoms with E-state index >= 15 is 0 Å². The standard InChI is InChI=1S/C12H16F/c1-3-6-10-8-5-9-12(13)11(10)7-4-2/h5,9H,3-4,6-7H2,1-2H3. The fraction of sp³-hybridized carbons (Fsp3) is 0.500. The smallest absolute Gasteiger partial charge is 0.126 e. The van der Waals surface area contributed by atoms with E-state index in [2.05, 4.69) is 19.9 Å². The van der Waals surface area contributed by atoms with Crippen LogP contribution in [0.4, 0.5) is 4.39 Å². The van der Waals surface area contributed by atoms with E-state index in [0.29, 0.717) is 0 Å². The van der Waals surface area contributed by atoms with Crippen LogP contribution in [0, 0.1) is 11.9 Å². The molecule has 0 aromatic heterocycles. The number of benzene rings is 1. The van der Waals surface area contributed by atoms with Crippen molar-refractivity contribution in [3.63, 3.8) is 0 Å². The Balaban J connectivity index is 2.95. The molecule has 0 atom stereocenters. The molecule has 0 N–H and O–H groups in total. The van der Waals surface area contributed by atoms with Crippen LogP contribution in [0.3, 0.4) is 0 Å². The quantitative estimate of drug-likeness (QED) is 0.663. The highest BCUT2D eigenvalue weighted by molar-refractivity contribution is 5.27. The van der Waals surface area contributed by atoms with Crippen LogP contribution in [0.15, 0.2) is 12.1 Å². The van der Waals surface area contributed by atoms with Crippen LogP contribution >= 0.6 is 0 Å². The van der Waals surface area contributed by atoms with Crippen molar-refractivity contribution in [2.24, 2.45) is 0 Å². The van der Waals surface area contributed by atoms with Crippen LogP contribution in [-0.4, -0.2) is 0 Å². The van der Waals surface area contributed by atoms with Gasteiger partial charge in [0.15, 0.2) is 0 Å². The molecule has 0 unspecified atom stereocenters. The lowest BCUT2D eigenvalue weighted by atomic mass is 9.99. The SMILES string of the molecule is CCCc1[c]ccc(F)c1CCC. The van der Waals surface area contributed by atoms with Gasteiger partial charge in [0.2, 0.25) is 0 Å². The minimum Gasteiger partial charge on any atom is -0.207 e. The number of halogens is 1. The first-order valence-corrected chi connectivity index (χ1v) is 4.97. The van der Waals surface area contributed by atoms with Gasteiger partial charge in [0.05, 0.1) is 0 Å². The fourth-order valence-electron chi connectivity index (χ4n) is 1.54. The molecule has 0 aliphatic rings. The Kier molecular flexibility index (Phi) is 3.94. The molecule has 1 heteroatoms. The summed E-state index contributed by atoms with van der Waals surface area (Å²) in [5.74, 6) is -0.0657. The molecular weight excluding hydrogens is 163 g/mol. The van der Waals surface area contributed by atoms with E-state index in [1.807, 2.05) is 0 Å². The van der Waals surface area contributed by atoms with Gasteiger partial charge in [-0.25, -0.2) is 4.39 Å². The summed E-state index contributed by atoms with van der Waals surface area (Å²) in [4.78, 5) is 0. The van der Waals surface area contributed by atoms with Crippen molar-refractivity contribution in [3.8, 4) is 0 Å². The molecule has 71 valence electrons. The lowest BCUT2D eigenvalue weighted by Gasteiger charge is -2.07. The van der Waals surface area contributed by atoms with Crippen molar-refractivity contribution in [3.05, 3.63) is 35.1 Å². The molecule has 1 aromatic carbocycles. The Morgan fingerprint density at radius 1 is 1.23 bits per heavy atom. The Bertz CT molecular complexity index is 266. The molecule has 0 nitrogen and oxygen atoms in total. The van der Waals surface area contributed by atoms with E-state index in [0.717, 1.165) is 36.8 Å². The third-order valence-electron chi connectivity index (χ3n) is 2.14. The van der Waals surface area contributed by atoms with Gasteiger partial charge < -0.3 is 0 Å². The minimum absolute atomic E-state index is 0.0657. The highest BCUT2D eigenvalue weighted by Crippen LogP contribution is 2.16. The minimum atomic E-state index is -0.0657. The molecule has 1 aromatic rings. The van der Waals surface area contributed by atoms with Gasteiger partial charge in [-0.3, -0.25) is 0 Å². The fourth-order valence-corrected chi connectivity index (χ4v) is 1.54. The van der Waals surface area contributed by atoms with Crippen LogP contribution in [-0.2, 0) is 12.8 Å². The molecule has 0 spiro atoms. The molecule has 0 bridgehead atoms. The summed E-state index contributed by atoms with van der Waals surface area (Å²) in [7, 11) is 0. The van der Waals surface area contributed by atoms with Crippen LogP contribution in [0.2, 0.25) is 0 Å². The first kappa shape index (κ1) is 10.2. The molecule has 0 saturated heterocycles. The summed E-state index contributed by atoms with van der Waals surface area (Å²) in [6, 6.07) is 6.31. The summed E-state index contributed by atoms with van der Waals surface area (Å²) < 4.78 is 13.3. The zero-order valence-corrected chi connectivity index (χ0v) is 8.36. The topological polar surface area (TPSA) is 0 Å². The number of hydrogen-bond donors (Lipinski definition) is 0. The van der Waals surface area contributed by atoms with Gasteiger partial charge >= 0.3 is 0 Å². The van der Waals surface area contributed by atoms with Crippen molar-refractivity contribution >= 4 is 0 Å². The molecule has 0 heterocycles. The zero-order chi connectivity index (χ0) is 9.68. The van der Waals surface area contributed by atoms with Gasteiger partial charge in [0.25, 0.3) is 0 Å². The number of rotatable bonds is 4. The van der Waals surface area contributed by atoms with E-state index in [4.69, 9.17) is 0 Å². The molecule has 1 rings (SSSR count). The second kappa shape index (κ2) is 5.00. The average Bonchev–Trinajstić information content (AvgIpc) is 2.11. The summed E-state index contributed by atoms with van der Waals surface area (Å²) >= 11 is 0. The Morgan fingerprint density at radius 3 is 2.54 bits per heavy atom. The third kappa shape index (κ3) is 2.55. The van der Waals surface area contributed by atoms with Crippen molar-refractivity contribution in [2.45, 2.75) is 39.5 Å². The molecule has 1 radical (unpaired) electrons. The van der Waals surface area contributed by atoms with E-state index in [1.165, 1.54) is 6.07 Å². The predicted molar refractivity (Wildman–Crippen MR) is 53.2 cm³/mol. The number of aryl methyl sites for hydroxylation is 1. The van der Waals surface area contributed by atoms with Crippen molar-refractivity contribution in [2.75, 3.05) is 0 Å². The van der Waals surface area contributed by atoms with Crippen LogP contribution in [0.1, 0.15) is 37.8 Å². The number of hydrogen-bond acceptors (Lipinski definition) is 0. The van der Waals surface area contributed by atoms with E-state index in [9.17, 15) is 4.39 Å². The molecule has 0 aliphatic heterocycles. The summed E-state index contributed by atoms with van der Waals surface area (Å²) in [5.41, 5.74) is 1.93. The molecule has 0 fully saturated rings. The maximum absolute atomic E-state index is 13.3. The summed E-state index contributed by atoms with van der Waals surface area (Å²) in [6.07, 6.45) is 3.81. The second-order valence-corrected chi connectivity index (χ2v) is 3.28. The van der Waals surface area contributed by atoms with E-state index in [-0.39, 0.29) is 5.82 Å². The lowest BCUT2D eigenvalue weighted by molar-refractivity contribution is 0.602. The van der Waals surface area contributed by atoms with E-state index in [1.54, 1.807) is 6.07 Å². The van der Waals surface area contributed by atoms with Crippen LogP contribution in [0.25, 0.3) is 0 Å². The maximum Gasteiger partial charge on any atom is 0.126 e. The molecule has 0 saturated carbocycles. The second-order valence-electron chi connectivity index (χ2n) is 3.28. The van der Waals surface area contributed by atoms with Crippen molar-refractivity contribution < 1.29 is 4.39 Å². The van der Waals surface area contributed by atoms with Gasteiger partial charge in [-0.15, -0.1) is 0 Å². The Morgan fingerprint density at radius 2 is 1.92 bits per heavy atom. The van der Waals surface area contributed by atoms with Crippen LogP contribution in [0.5, 0.6) is 0 Å². The van der Waals surface area contributed by atoms with Gasteiger partial charge in [0.1, 0.15) is 5.82 Å². The summed E-state index contributed by atoms with van der Waals surface area (Å²) in [6.45, 7) is 4.18. The highest BCUT2D eigenvalue weighted by atomic mass is 19.1. The normalized spacial score (nSPS) is 10.4. The van der Waals surface area contributed by atoms with Crippen LogP contribution < -0.4 is 0 Å². The third-order valence-corrected chi connectivity index (χ3v) is 2.14. The molecule has 0 aliphatic carbocycles. The van der Waals surface area contributed by atoms with E-state index < -0.39 is 0 Å². The van der Waals surface area contributed by atoms with Gasteiger partial charge in [0, 0.05) is 0 Å². The Labute approximate surface area is 79.8 Å². The molecular formula is C12H16F. The van der Waals surface area contributed by atoms with Gasteiger partial charge in [-0.05, 0) is 36.1 Å². The van der Waals surface area contributed by atoms with Crippen molar-refractivity contribution in [1.29, 1.82) is 0 Å². The lowest BCUT2D eigenvalue weighted by Crippen LogP contribution is -1.97. The monoisotopic (exact) mass is 179 g/mol. The zero-order valence-electron chi connectivity index (χ0n) is 8.36.